The second-order valence-corrected chi connectivity index (χ2v) is 8.10. The molecule has 0 bridgehead atoms. The predicted molar refractivity (Wildman–Crippen MR) is 116 cm³/mol. The molecule has 2 aromatic carbocycles. The molecular formula is C20H16ClFN2O2S2. The third-order valence-electron chi connectivity index (χ3n) is 3.96. The Morgan fingerprint density at radius 1 is 1.25 bits per heavy atom. The van der Waals surface area contributed by atoms with Gasteiger partial charge < -0.3 is 5.32 Å². The summed E-state index contributed by atoms with van der Waals surface area (Å²) >= 11 is 12.6. The highest BCUT2D eigenvalue weighted by atomic mass is 35.5. The van der Waals surface area contributed by atoms with Gasteiger partial charge in [-0.1, -0.05) is 59.8 Å². The van der Waals surface area contributed by atoms with E-state index in [4.69, 9.17) is 23.8 Å². The summed E-state index contributed by atoms with van der Waals surface area (Å²) in [5, 5.41) is 3.19. The number of thioether (sulfide) groups is 1. The van der Waals surface area contributed by atoms with Gasteiger partial charge in [0.1, 0.15) is 10.1 Å². The van der Waals surface area contributed by atoms with Gasteiger partial charge in [-0.25, -0.2) is 4.39 Å². The Morgan fingerprint density at radius 3 is 2.79 bits per heavy atom. The van der Waals surface area contributed by atoms with Crippen molar-refractivity contribution < 1.29 is 14.0 Å². The van der Waals surface area contributed by atoms with E-state index >= 15 is 0 Å². The molecule has 144 valence electrons. The molecule has 8 heteroatoms. The Morgan fingerprint density at radius 2 is 2.04 bits per heavy atom. The molecule has 1 aliphatic heterocycles. The second kappa shape index (κ2) is 9.32. The third kappa shape index (κ3) is 5.19. The van der Waals surface area contributed by atoms with Gasteiger partial charge in [-0.05, 0) is 42.3 Å². The van der Waals surface area contributed by atoms with E-state index in [1.807, 2.05) is 18.2 Å². The Kier molecular flexibility index (Phi) is 6.83. The van der Waals surface area contributed by atoms with Crippen LogP contribution in [0.3, 0.4) is 0 Å². The molecule has 0 unspecified atom stereocenters. The fourth-order valence-electron chi connectivity index (χ4n) is 2.61. The third-order valence-corrected chi connectivity index (χ3v) is 5.68. The number of carbonyl (C=O) groups is 2. The molecule has 1 fully saturated rings. The highest BCUT2D eigenvalue weighted by Gasteiger charge is 2.31. The average molecular weight is 435 g/mol. The largest absolute Gasteiger partial charge is 0.326 e. The summed E-state index contributed by atoms with van der Waals surface area (Å²) in [6.45, 7) is 0.334. The predicted octanol–water partition coefficient (Wildman–Crippen LogP) is 5.10. The van der Waals surface area contributed by atoms with Crippen LogP contribution in [0.5, 0.6) is 0 Å². The van der Waals surface area contributed by atoms with Crippen LogP contribution in [0.15, 0.2) is 53.4 Å². The number of rotatable bonds is 6. The van der Waals surface area contributed by atoms with E-state index in [0.29, 0.717) is 32.9 Å². The van der Waals surface area contributed by atoms with E-state index in [1.54, 1.807) is 18.2 Å². The Labute approximate surface area is 176 Å². The molecule has 1 aliphatic rings. The maximum atomic E-state index is 13.2. The number of carbonyl (C=O) groups excluding carboxylic acids is 2. The first-order chi connectivity index (χ1) is 13.4. The van der Waals surface area contributed by atoms with Gasteiger partial charge >= 0.3 is 0 Å². The summed E-state index contributed by atoms with van der Waals surface area (Å²) in [5.74, 6) is -0.858. The van der Waals surface area contributed by atoms with E-state index in [9.17, 15) is 14.0 Å². The lowest BCUT2D eigenvalue weighted by Crippen LogP contribution is -2.29. The molecule has 0 atom stereocenters. The van der Waals surface area contributed by atoms with Crippen molar-refractivity contribution in [3.63, 3.8) is 0 Å². The van der Waals surface area contributed by atoms with Crippen molar-refractivity contribution in [3.05, 3.63) is 69.8 Å². The zero-order valence-electron chi connectivity index (χ0n) is 14.7. The van der Waals surface area contributed by atoms with Crippen molar-refractivity contribution in [2.75, 3.05) is 11.9 Å². The molecule has 2 aromatic rings. The number of hydrogen-bond acceptors (Lipinski definition) is 4. The van der Waals surface area contributed by atoms with Crippen LogP contribution in [0.25, 0.3) is 6.08 Å². The Hall–Kier alpha value is -2.22. The van der Waals surface area contributed by atoms with Crippen LogP contribution in [0, 0.1) is 5.82 Å². The maximum absolute atomic E-state index is 13.2. The molecule has 1 saturated heterocycles. The van der Waals surface area contributed by atoms with E-state index in [0.717, 1.165) is 5.56 Å². The quantitative estimate of drug-likeness (QED) is 0.507. The standard InChI is InChI=1S/C20H16ClFN2O2S2/c21-16-8-2-1-5-13(16)11-17-19(26)24(20(27)28-17)10-4-9-18(25)23-15-7-3-6-14(22)12-15/h1-3,5-8,11-12H,4,9-10H2,(H,23,25)/b17-11+. The van der Waals surface area contributed by atoms with Crippen LogP contribution in [0.1, 0.15) is 18.4 Å². The molecule has 0 saturated carbocycles. The van der Waals surface area contributed by atoms with Crippen molar-refractivity contribution in [2.24, 2.45) is 0 Å². The van der Waals surface area contributed by atoms with E-state index in [-0.39, 0.29) is 18.2 Å². The van der Waals surface area contributed by atoms with Crippen molar-refractivity contribution >= 4 is 63.5 Å². The fourth-order valence-corrected chi connectivity index (χ4v) is 4.10. The van der Waals surface area contributed by atoms with Crippen molar-refractivity contribution in [2.45, 2.75) is 12.8 Å². The molecule has 1 heterocycles. The lowest BCUT2D eigenvalue weighted by molar-refractivity contribution is -0.122. The van der Waals surface area contributed by atoms with Crippen LogP contribution in [-0.2, 0) is 9.59 Å². The fraction of sp³-hybridized carbons (Fsp3) is 0.150. The van der Waals surface area contributed by atoms with Crippen LogP contribution < -0.4 is 5.32 Å². The molecule has 0 aromatic heterocycles. The minimum Gasteiger partial charge on any atom is -0.326 e. The topological polar surface area (TPSA) is 49.4 Å². The number of thiocarbonyl (C=S) groups is 1. The highest BCUT2D eigenvalue weighted by molar-refractivity contribution is 8.26. The number of nitrogens with zero attached hydrogens (tertiary/aromatic N) is 1. The van der Waals surface area contributed by atoms with E-state index in [2.05, 4.69) is 5.32 Å². The zero-order valence-corrected chi connectivity index (χ0v) is 17.0. The lowest BCUT2D eigenvalue weighted by atomic mass is 10.2. The van der Waals surface area contributed by atoms with Crippen molar-refractivity contribution in [1.82, 2.24) is 4.90 Å². The number of hydrogen-bond donors (Lipinski definition) is 1. The van der Waals surface area contributed by atoms with Gasteiger partial charge in [0, 0.05) is 23.7 Å². The molecule has 28 heavy (non-hydrogen) atoms. The minimum atomic E-state index is -0.416. The first kappa shape index (κ1) is 20.5. The number of amides is 2. The lowest BCUT2D eigenvalue weighted by Gasteiger charge is -2.14. The van der Waals surface area contributed by atoms with Gasteiger partial charge in [-0.3, -0.25) is 14.5 Å². The molecular weight excluding hydrogens is 419 g/mol. The summed E-state index contributed by atoms with van der Waals surface area (Å²) < 4.78 is 13.6. The Balaban J connectivity index is 1.55. The van der Waals surface area contributed by atoms with E-state index < -0.39 is 5.82 Å². The van der Waals surface area contributed by atoms with Crippen LogP contribution >= 0.6 is 35.6 Å². The van der Waals surface area contributed by atoms with Gasteiger partial charge in [-0.15, -0.1) is 0 Å². The van der Waals surface area contributed by atoms with Crippen LogP contribution in [-0.4, -0.2) is 27.6 Å². The summed E-state index contributed by atoms with van der Waals surface area (Å²) in [4.78, 5) is 26.6. The number of halogens is 2. The molecule has 0 spiro atoms. The van der Waals surface area contributed by atoms with Crippen LogP contribution in [0.4, 0.5) is 10.1 Å². The Bertz CT molecular complexity index is 965. The summed E-state index contributed by atoms with van der Waals surface area (Å²) in [6.07, 6.45) is 2.35. The molecule has 0 radical (unpaired) electrons. The molecule has 0 aliphatic carbocycles. The molecule has 3 rings (SSSR count). The minimum absolute atomic E-state index is 0.192. The monoisotopic (exact) mass is 434 g/mol. The number of nitrogens with one attached hydrogen (secondary N) is 1. The number of benzene rings is 2. The second-order valence-electron chi connectivity index (χ2n) is 6.02. The van der Waals surface area contributed by atoms with Gasteiger partial charge in [0.15, 0.2) is 0 Å². The maximum Gasteiger partial charge on any atom is 0.266 e. The summed E-state index contributed by atoms with van der Waals surface area (Å²) in [6, 6.07) is 12.9. The summed E-state index contributed by atoms with van der Waals surface area (Å²) in [7, 11) is 0. The number of anilines is 1. The van der Waals surface area contributed by atoms with E-state index in [1.165, 1.54) is 34.9 Å². The first-order valence-electron chi connectivity index (χ1n) is 8.49. The highest BCUT2D eigenvalue weighted by Crippen LogP contribution is 2.33. The normalized spacial score (nSPS) is 15.4. The molecule has 4 nitrogen and oxygen atoms in total. The summed E-state index contributed by atoms with van der Waals surface area (Å²) in [5.41, 5.74) is 1.15. The zero-order chi connectivity index (χ0) is 20.1. The van der Waals surface area contributed by atoms with Crippen LogP contribution in [0.2, 0.25) is 5.02 Å². The van der Waals surface area contributed by atoms with Gasteiger partial charge in [0.05, 0.1) is 4.91 Å². The molecule has 1 N–H and O–H groups in total. The average Bonchev–Trinajstić information content (AvgIpc) is 2.91. The van der Waals surface area contributed by atoms with Gasteiger partial charge in [-0.2, -0.15) is 0 Å². The van der Waals surface area contributed by atoms with Gasteiger partial charge in [0.2, 0.25) is 5.91 Å². The van der Waals surface area contributed by atoms with Gasteiger partial charge in [0.25, 0.3) is 5.91 Å². The van der Waals surface area contributed by atoms with Crippen molar-refractivity contribution in [3.8, 4) is 0 Å². The SMILES string of the molecule is O=C(CCCN1C(=O)/C(=C\c2ccccc2Cl)SC1=S)Nc1cccc(F)c1. The smallest absolute Gasteiger partial charge is 0.266 e. The first-order valence-corrected chi connectivity index (χ1v) is 10.1. The molecule has 2 amide bonds. The van der Waals surface area contributed by atoms with Crippen molar-refractivity contribution in [1.29, 1.82) is 0 Å².